The minimum absolute atomic E-state index is 0.619. The highest BCUT2D eigenvalue weighted by Crippen LogP contribution is 2.29. The minimum atomic E-state index is 0.619. The molecule has 0 atom stereocenters. The van der Waals surface area contributed by atoms with Crippen LogP contribution in [0.15, 0.2) is 35.1 Å². The van der Waals surface area contributed by atoms with Crippen LogP contribution in [0.25, 0.3) is 0 Å². The number of imidazole rings is 1. The molecule has 114 valence electrons. The van der Waals surface area contributed by atoms with E-state index in [1.54, 1.807) is 0 Å². The number of aromatic nitrogens is 2. The van der Waals surface area contributed by atoms with Gasteiger partial charge in [-0.2, -0.15) is 0 Å². The molecule has 0 spiro atoms. The molecule has 0 amide bonds. The van der Waals surface area contributed by atoms with E-state index in [4.69, 9.17) is 4.74 Å². The quantitative estimate of drug-likeness (QED) is 0.741. The molecule has 2 rings (SSSR count). The predicted octanol–water partition coefficient (Wildman–Crippen LogP) is 3.30. The fraction of sp³-hybridized carbons (Fsp3) is 0.438. The first kappa shape index (κ1) is 16.0. The maximum Gasteiger partial charge on any atom is 0.137 e. The van der Waals surface area contributed by atoms with Crippen molar-refractivity contribution in [3.8, 4) is 5.75 Å². The van der Waals surface area contributed by atoms with Gasteiger partial charge in [0.05, 0.1) is 11.1 Å². The number of halogens is 1. The average molecular weight is 352 g/mol. The number of nitrogens with zero attached hydrogens (tertiary/aromatic N) is 2. The smallest absolute Gasteiger partial charge is 0.137 e. The fourth-order valence-corrected chi connectivity index (χ4v) is 2.66. The lowest BCUT2D eigenvalue weighted by molar-refractivity contribution is 0.311. The van der Waals surface area contributed by atoms with E-state index in [0.717, 1.165) is 42.0 Å². The van der Waals surface area contributed by atoms with E-state index in [0.29, 0.717) is 6.61 Å². The van der Waals surface area contributed by atoms with Crippen LogP contribution >= 0.6 is 15.9 Å². The van der Waals surface area contributed by atoms with Crippen LogP contribution in [0.1, 0.15) is 24.7 Å². The van der Waals surface area contributed by atoms with E-state index >= 15 is 0 Å². The van der Waals surface area contributed by atoms with Gasteiger partial charge in [-0.25, -0.2) is 4.98 Å². The van der Waals surface area contributed by atoms with Crippen molar-refractivity contribution >= 4 is 15.9 Å². The summed E-state index contributed by atoms with van der Waals surface area (Å²) in [5, 5.41) is 3.41. The molecule has 1 heterocycles. The molecule has 1 N–H and O–H groups in total. The van der Waals surface area contributed by atoms with E-state index in [1.807, 2.05) is 36.1 Å². The SMILES string of the molecule is CCCNCc1cccc(Br)c1OCCc1nccn1C. The molecule has 2 aromatic rings. The highest BCUT2D eigenvalue weighted by molar-refractivity contribution is 9.10. The van der Waals surface area contributed by atoms with Crippen LogP contribution in [0.2, 0.25) is 0 Å². The van der Waals surface area contributed by atoms with Crippen molar-refractivity contribution in [2.24, 2.45) is 7.05 Å². The summed E-state index contributed by atoms with van der Waals surface area (Å²) in [5.41, 5.74) is 1.18. The molecule has 0 saturated heterocycles. The summed E-state index contributed by atoms with van der Waals surface area (Å²) in [4.78, 5) is 4.31. The van der Waals surface area contributed by atoms with Crippen molar-refractivity contribution in [3.63, 3.8) is 0 Å². The number of hydrogen-bond acceptors (Lipinski definition) is 3. The van der Waals surface area contributed by atoms with Gasteiger partial charge in [0.25, 0.3) is 0 Å². The molecular weight excluding hydrogens is 330 g/mol. The predicted molar refractivity (Wildman–Crippen MR) is 88.5 cm³/mol. The highest BCUT2D eigenvalue weighted by atomic mass is 79.9. The number of rotatable bonds is 8. The summed E-state index contributed by atoms with van der Waals surface area (Å²) in [6, 6.07) is 6.15. The third-order valence-electron chi connectivity index (χ3n) is 3.28. The van der Waals surface area contributed by atoms with Crippen LogP contribution < -0.4 is 10.1 Å². The molecule has 4 nitrogen and oxygen atoms in total. The first-order valence-corrected chi connectivity index (χ1v) is 8.08. The molecule has 0 bridgehead atoms. The molecule has 0 unspecified atom stereocenters. The van der Waals surface area contributed by atoms with Crippen LogP contribution in [-0.4, -0.2) is 22.7 Å². The first-order valence-electron chi connectivity index (χ1n) is 7.29. The number of nitrogens with one attached hydrogen (secondary N) is 1. The normalized spacial score (nSPS) is 10.8. The number of benzene rings is 1. The third-order valence-corrected chi connectivity index (χ3v) is 3.91. The van der Waals surface area contributed by atoms with Crippen LogP contribution in [0.3, 0.4) is 0 Å². The molecule has 0 saturated carbocycles. The van der Waals surface area contributed by atoms with Gasteiger partial charge in [0.15, 0.2) is 0 Å². The molecule has 1 aromatic heterocycles. The van der Waals surface area contributed by atoms with Gasteiger partial charge in [0.2, 0.25) is 0 Å². The van der Waals surface area contributed by atoms with Crippen LogP contribution in [0.4, 0.5) is 0 Å². The van der Waals surface area contributed by atoms with E-state index in [9.17, 15) is 0 Å². The second kappa shape index (κ2) is 8.20. The van der Waals surface area contributed by atoms with Gasteiger partial charge in [-0.05, 0) is 35.0 Å². The fourth-order valence-electron chi connectivity index (χ4n) is 2.14. The molecule has 0 aliphatic rings. The lowest BCUT2D eigenvalue weighted by Gasteiger charge is -2.14. The van der Waals surface area contributed by atoms with Gasteiger partial charge in [-0.1, -0.05) is 19.1 Å². The Hall–Kier alpha value is -1.33. The molecule has 0 aliphatic carbocycles. The van der Waals surface area contributed by atoms with E-state index in [-0.39, 0.29) is 0 Å². The van der Waals surface area contributed by atoms with Crippen LogP contribution in [0, 0.1) is 0 Å². The summed E-state index contributed by atoms with van der Waals surface area (Å²) >= 11 is 3.58. The second-order valence-corrected chi connectivity index (χ2v) is 5.81. The Balaban J connectivity index is 1.96. The van der Waals surface area contributed by atoms with E-state index in [1.165, 1.54) is 5.56 Å². The Kier molecular flexibility index (Phi) is 6.26. The molecule has 5 heteroatoms. The zero-order valence-electron chi connectivity index (χ0n) is 12.6. The lowest BCUT2D eigenvalue weighted by atomic mass is 10.2. The van der Waals surface area contributed by atoms with E-state index in [2.05, 4.69) is 39.2 Å². The average Bonchev–Trinajstić information content (AvgIpc) is 2.87. The monoisotopic (exact) mass is 351 g/mol. The van der Waals surface area contributed by atoms with E-state index < -0.39 is 0 Å². The summed E-state index contributed by atoms with van der Waals surface area (Å²) in [7, 11) is 2.00. The van der Waals surface area contributed by atoms with Crippen molar-refractivity contribution in [1.29, 1.82) is 0 Å². The lowest BCUT2D eigenvalue weighted by Crippen LogP contribution is -2.15. The van der Waals surface area contributed by atoms with Crippen molar-refractivity contribution in [2.45, 2.75) is 26.3 Å². The number of hydrogen-bond donors (Lipinski definition) is 1. The number of ether oxygens (including phenoxy) is 1. The Bertz CT molecular complexity index is 568. The maximum absolute atomic E-state index is 5.99. The summed E-state index contributed by atoms with van der Waals surface area (Å²) in [6.45, 7) is 4.62. The van der Waals surface area contributed by atoms with Gasteiger partial charge in [0, 0.05) is 38.0 Å². The molecule has 0 aliphatic heterocycles. The molecule has 0 radical (unpaired) electrons. The third kappa shape index (κ3) is 4.58. The van der Waals surface area contributed by atoms with Gasteiger partial charge in [-0.15, -0.1) is 0 Å². The second-order valence-electron chi connectivity index (χ2n) is 4.96. The maximum atomic E-state index is 5.99. The first-order chi connectivity index (χ1) is 10.2. The van der Waals surface area contributed by atoms with Crippen LogP contribution in [0.5, 0.6) is 5.75 Å². The molecular formula is C16H22BrN3O. The Morgan fingerprint density at radius 2 is 2.24 bits per heavy atom. The standard InChI is InChI=1S/C16H22BrN3O/c1-3-8-18-12-13-5-4-6-14(17)16(13)21-11-7-15-19-9-10-20(15)2/h4-6,9-10,18H,3,7-8,11-12H2,1-2H3. The van der Waals surface area contributed by atoms with Gasteiger partial charge in [-0.3, -0.25) is 0 Å². The van der Waals surface area contributed by atoms with Crippen molar-refractivity contribution in [1.82, 2.24) is 14.9 Å². The summed E-state index contributed by atoms with van der Waals surface area (Å²) in [6.07, 6.45) is 5.69. The summed E-state index contributed by atoms with van der Waals surface area (Å²) in [5.74, 6) is 1.96. The van der Waals surface area contributed by atoms with Crippen LogP contribution in [-0.2, 0) is 20.0 Å². The van der Waals surface area contributed by atoms with Gasteiger partial charge in [0.1, 0.15) is 11.6 Å². The molecule has 0 fully saturated rings. The molecule has 1 aromatic carbocycles. The summed E-state index contributed by atoms with van der Waals surface area (Å²) < 4.78 is 9.01. The zero-order chi connectivity index (χ0) is 15.1. The number of para-hydroxylation sites is 1. The van der Waals surface area contributed by atoms with Crippen molar-refractivity contribution in [2.75, 3.05) is 13.2 Å². The molecule has 21 heavy (non-hydrogen) atoms. The largest absolute Gasteiger partial charge is 0.492 e. The Morgan fingerprint density at radius 1 is 1.38 bits per heavy atom. The van der Waals surface area contributed by atoms with Gasteiger partial charge >= 0.3 is 0 Å². The minimum Gasteiger partial charge on any atom is -0.492 e. The number of aryl methyl sites for hydroxylation is 1. The highest BCUT2D eigenvalue weighted by Gasteiger charge is 2.08. The van der Waals surface area contributed by atoms with Crippen molar-refractivity contribution < 1.29 is 4.74 Å². The topological polar surface area (TPSA) is 39.1 Å². The Labute approximate surface area is 134 Å². The Morgan fingerprint density at radius 3 is 2.95 bits per heavy atom. The van der Waals surface area contributed by atoms with Gasteiger partial charge < -0.3 is 14.6 Å². The van der Waals surface area contributed by atoms with Crippen molar-refractivity contribution in [3.05, 3.63) is 46.5 Å². The zero-order valence-corrected chi connectivity index (χ0v) is 14.2.